The fraction of sp³-hybridized carbons (Fsp3) is 0.200. The smallest absolute Gasteiger partial charge is 0.206 e. The second-order valence-corrected chi connectivity index (χ2v) is 5.99. The summed E-state index contributed by atoms with van der Waals surface area (Å²) in [6.45, 7) is 4.41. The highest BCUT2D eigenvalue weighted by Gasteiger charge is 2.06. The second kappa shape index (κ2) is 7.21. The number of ketones is 1. The number of allylic oxidation sites excluding steroid dienone is 1. The van der Waals surface area contributed by atoms with Crippen LogP contribution in [0.4, 0.5) is 0 Å². The Hall–Kier alpha value is -3.08. The van der Waals surface area contributed by atoms with Crippen LogP contribution in [-0.4, -0.2) is 15.6 Å². The van der Waals surface area contributed by atoms with Gasteiger partial charge in [-0.1, -0.05) is 6.07 Å². The van der Waals surface area contributed by atoms with E-state index < -0.39 is 0 Å². The zero-order valence-corrected chi connectivity index (χ0v) is 14.5. The lowest BCUT2D eigenvalue weighted by Crippen LogP contribution is -1.97. The molecule has 5 heteroatoms. The van der Waals surface area contributed by atoms with Gasteiger partial charge < -0.3 is 9.15 Å². The first-order valence-corrected chi connectivity index (χ1v) is 8.01. The van der Waals surface area contributed by atoms with Crippen LogP contribution in [0.5, 0.6) is 5.75 Å². The molecular weight excluding hydrogens is 316 g/mol. The highest BCUT2D eigenvalue weighted by molar-refractivity contribution is 6.05. The Morgan fingerprint density at radius 2 is 1.96 bits per heavy atom. The Bertz CT molecular complexity index is 898. The van der Waals surface area contributed by atoms with E-state index in [0.29, 0.717) is 23.8 Å². The van der Waals surface area contributed by atoms with Gasteiger partial charge in [0.2, 0.25) is 5.78 Å². The molecule has 0 amide bonds. The molecule has 0 N–H and O–H groups in total. The molecule has 5 nitrogen and oxygen atoms in total. The zero-order chi connectivity index (χ0) is 17.8. The molecule has 2 aromatic heterocycles. The maximum atomic E-state index is 12.0. The third-order valence-electron chi connectivity index (χ3n) is 3.62. The number of nitrogens with zero attached hydrogens (tertiary/aromatic N) is 2. The number of hydrogen-bond donors (Lipinski definition) is 0. The van der Waals surface area contributed by atoms with Gasteiger partial charge in [0.25, 0.3) is 0 Å². The number of rotatable bonds is 6. The van der Waals surface area contributed by atoms with E-state index in [1.807, 2.05) is 38.1 Å². The molecule has 3 aromatic rings. The Kier molecular flexibility index (Phi) is 4.84. The first-order chi connectivity index (χ1) is 12.0. The largest absolute Gasteiger partial charge is 0.486 e. The molecule has 0 saturated heterocycles. The van der Waals surface area contributed by atoms with Gasteiger partial charge in [-0.25, -0.2) is 0 Å². The molecule has 0 fully saturated rings. The van der Waals surface area contributed by atoms with Crippen LogP contribution in [0.1, 0.15) is 33.1 Å². The molecule has 25 heavy (non-hydrogen) atoms. The lowest BCUT2D eigenvalue weighted by atomic mass is 10.1. The molecule has 128 valence electrons. The van der Waals surface area contributed by atoms with Crippen LogP contribution >= 0.6 is 0 Å². The monoisotopic (exact) mass is 336 g/mol. The fourth-order valence-corrected chi connectivity index (χ4v) is 2.52. The topological polar surface area (TPSA) is 57.3 Å². The normalized spacial score (nSPS) is 11.2. The van der Waals surface area contributed by atoms with Gasteiger partial charge in [0.15, 0.2) is 0 Å². The number of benzene rings is 1. The van der Waals surface area contributed by atoms with Crippen molar-refractivity contribution in [2.75, 3.05) is 0 Å². The maximum Gasteiger partial charge on any atom is 0.206 e. The average molecular weight is 336 g/mol. The molecule has 0 aliphatic heterocycles. The van der Waals surface area contributed by atoms with E-state index in [0.717, 1.165) is 16.9 Å². The van der Waals surface area contributed by atoms with Gasteiger partial charge in [-0.15, -0.1) is 0 Å². The molecule has 0 saturated carbocycles. The van der Waals surface area contributed by atoms with Crippen LogP contribution in [-0.2, 0) is 13.7 Å². The number of carbonyl (C=O) groups excluding carboxylic acids is 1. The number of carbonyl (C=O) groups is 1. The quantitative estimate of drug-likeness (QED) is 0.502. The minimum Gasteiger partial charge on any atom is -0.486 e. The number of aryl methyl sites for hydroxylation is 3. The van der Waals surface area contributed by atoms with Crippen molar-refractivity contribution in [2.24, 2.45) is 7.05 Å². The Labute approximate surface area is 146 Å². The van der Waals surface area contributed by atoms with E-state index in [-0.39, 0.29) is 5.78 Å². The minimum atomic E-state index is -0.162. The van der Waals surface area contributed by atoms with E-state index in [1.165, 1.54) is 6.08 Å². The third-order valence-corrected chi connectivity index (χ3v) is 3.62. The predicted molar refractivity (Wildman–Crippen MR) is 95.5 cm³/mol. The standard InChI is InChI=1S/C20H20N2O3/c1-14-10-15(2)12-18(11-14)24-13-17-5-4-16(25-17)6-7-20(23)19-8-9-22(3)21-19/h4-12H,13H2,1-3H3/b7-6+. The average Bonchev–Trinajstić information content (AvgIpc) is 3.19. The summed E-state index contributed by atoms with van der Waals surface area (Å²) in [6, 6.07) is 11.4. The van der Waals surface area contributed by atoms with Crippen molar-refractivity contribution in [1.82, 2.24) is 9.78 Å². The van der Waals surface area contributed by atoms with E-state index in [1.54, 1.807) is 30.1 Å². The number of hydrogen-bond acceptors (Lipinski definition) is 4. The number of ether oxygens (including phenoxy) is 1. The summed E-state index contributed by atoms with van der Waals surface area (Å²) in [6.07, 6.45) is 4.82. The van der Waals surface area contributed by atoms with Crippen molar-refractivity contribution < 1.29 is 13.9 Å². The number of furan rings is 1. The van der Waals surface area contributed by atoms with Gasteiger partial charge in [-0.2, -0.15) is 5.10 Å². The Balaban J connectivity index is 1.60. The summed E-state index contributed by atoms with van der Waals surface area (Å²) in [4.78, 5) is 12.0. The van der Waals surface area contributed by atoms with Gasteiger partial charge in [0.05, 0.1) is 0 Å². The summed E-state index contributed by atoms with van der Waals surface area (Å²) >= 11 is 0. The van der Waals surface area contributed by atoms with Crippen LogP contribution in [0.3, 0.4) is 0 Å². The molecule has 1 aromatic carbocycles. The minimum absolute atomic E-state index is 0.162. The predicted octanol–water partition coefficient (Wildman–Crippen LogP) is 4.11. The Morgan fingerprint density at radius 1 is 1.20 bits per heavy atom. The van der Waals surface area contributed by atoms with Crippen LogP contribution in [0.2, 0.25) is 0 Å². The lowest BCUT2D eigenvalue weighted by Gasteiger charge is -2.06. The van der Waals surface area contributed by atoms with Crippen LogP contribution in [0, 0.1) is 13.8 Å². The molecule has 0 unspecified atom stereocenters. The lowest BCUT2D eigenvalue weighted by molar-refractivity contribution is 0.104. The van der Waals surface area contributed by atoms with Gasteiger partial charge in [0, 0.05) is 13.2 Å². The molecule has 3 rings (SSSR count). The summed E-state index contributed by atoms with van der Waals surface area (Å²) < 4.78 is 13.0. The van der Waals surface area contributed by atoms with Crippen LogP contribution < -0.4 is 4.74 Å². The summed E-state index contributed by atoms with van der Waals surface area (Å²) in [5.74, 6) is 1.95. The van der Waals surface area contributed by atoms with E-state index in [9.17, 15) is 4.79 Å². The molecule has 0 radical (unpaired) electrons. The molecule has 0 atom stereocenters. The first-order valence-electron chi connectivity index (χ1n) is 8.01. The first kappa shape index (κ1) is 16.8. The van der Waals surface area contributed by atoms with Gasteiger partial charge in [-0.3, -0.25) is 9.48 Å². The van der Waals surface area contributed by atoms with Gasteiger partial charge in [-0.05, 0) is 67.5 Å². The highest BCUT2D eigenvalue weighted by atomic mass is 16.5. The van der Waals surface area contributed by atoms with Crippen LogP contribution in [0.15, 0.2) is 53.1 Å². The maximum absolute atomic E-state index is 12.0. The summed E-state index contributed by atoms with van der Waals surface area (Å²) in [7, 11) is 1.77. The van der Waals surface area contributed by atoms with Crippen molar-refractivity contribution in [3.05, 3.63) is 77.0 Å². The van der Waals surface area contributed by atoms with Crippen molar-refractivity contribution in [3.63, 3.8) is 0 Å². The van der Waals surface area contributed by atoms with Gasteiger partial charge in [0.1, 0.15) is 29.6 Å². The van der Waals surface area contributed by atoms with Crippen molar-refractivity contribution in [3.8, 4) is 5.75 Å². The zero-order valence-electron chi connectivity index (χ0n) is 14.5. The van der Waals surface area contributed by atoms with Crippen molar-refractivity contribution in [1.29, 1.82) is 0 Å². The van der Waals surface area contributed by atoms with E-state index in [4.69, 9.17) is 9.15 Å². The van der Waals surface area contributed by atoms with E-state index in [2.05, 4.69) is 11.2 Å². The number of aromatic nitrogens is 2. The van der Waals surface area contributed by atoms with Crippen LogP contribution in [0.25, 0.3) is 6.08 Å². The van der Waals surface area contributed by atoms with Crippen molar-refractivity contribution in [2.45, 2.75) is 20.5 Å². The molecule has 0 aliphatic carbocycles. The highest BCUT2D eigenvalue weighted by Crippen LogP contribution is 2.19. The molecular formula is C20H20N2O3. The molecule has 0 spiro atoms. The summed E-state index contributed by atoms with van der Waals surface area (Å²) in [5, 5.41) is 4.07. The fourth-order valence-electron chi connectivity index (χ4n) is 2.52. The third kappa shape index (κ3) is 4.47. The molecule has 2 heterocycles. The van der Waals surface area contributed by atoms with E-state index >= 15 is 0 Å². The van der Waals surface area contributed by atoms with Crippen molar-refractivity contribution >= 4 is 11.9 Å². The SMILES string of the molecule is Cc1cc(C)cc(OCc2ccc(/C=C/C(=O)c3ccn(C)n3)o2)c1. The van der Waals surface area contributed by atoms with Gasteiger partial charge >= 0.3 is 0 Å². The second-order valence-electron chi connectivity index (χ2n) is 5.99. The Morgan fingerprint density at radius 3 is 2.64 bits per heavy atom. The molecule has 0 bridgehead atoms. The summed E-state index contributed by atoms with van der Waals surface area (Å²) in [5.41, 5.74) is 2.72. The molecule has 0 aliphatic rings.